The van der Waals surface area contributed by atoms with Crippen LogP contribution >= 0.6 is 15.8 Å². The first-order valence-electron chi connectivity index (χ1n) is 13.7. The summed E-state index contributed by atoms with van der Waals surface area (Å²) in [5.74, 6) is 0. The summed E-state index contributed by atoms with van der Waals surface area (Å²) in [6.07, 6.45) is 5.58. The molecular formula is C35H48P2Zr. The second-order valence-corrected chi connectivity index (χ2v) is 17.4. The summed E-state index contributed by atoms with van der Waals surface area (Å²) in [6, 6.07) is 26.9. The molecule has 0 unspecified atom stereocenters. The van der Waals surface area contributed by atoms with Crippen LogP contribution in [0.3, 0.4) is 0 Å². The van der Waals surface area contributed by atoms with Gasteiger partial charge in [-0.05, 0) is 29.6 Å². The van der Waals surface area contributed by atoms with Crippen LogP contribution in [0.25, 0.3) is 21.5 Å². The van der Waals surface area contributed by atoms with Gasteiger partial charge < -0.3 is 0 Å². The van der Waals surface area contributed by atoms with Crippen LogP contribution in [0.2, 0.25) is 0 Å². The third-order valence-electron chi connectivity index (χ3n) is 6.36. The van der Waals surface area contributed by atoms with Gasteiger partial charge in [-0.15, -0.1) is 80.7 Å². The second kappa shape index (κ2) is 17.5. The van der Waals surface area contributed by atoms with Crippen LogP contribution < -0.4 is 10.6 Å². The van der Waals surface area contributed by atoms with Gasteiger partial charge in [-0.25, -0.2) is 0 Å². The van der Waals surface area contributed by atoms with Crippen molar-refractivity contribution in [1.82, 2.24) is 0 Å². The standard InChI is InChI=1S/2C15H20P.C5H8.Zr/c2*1-11(2)16(12(3)4)15-9-13-7-5-6-8-14(13)10-15;1-3-5-4-2;/h2*5-12H,1-4H3;3-5H,1H2,2H3;/q2*-1;;+2. The molecule has 202 valence electrons. The normalized spacial score (nSPS) is 11.4. The van der Waals surface area contributed by atoms with Crippen molar-refractivity contribution < 1.29 is 26.2 Å². The summed E-state index contributed by atoms with van der Waals surface area (Å²) in [7, 11) is -0.0412. The zero-order chi connectivity index (χ0) is 27.5. The number of benzene rings is 2. The molecule has 0 N–H and O–H groups in total. The van der Waals surface area contributed by atoms with E-state index in [-0.39, 0.29) is 42.0 Å². The molecule has 4 aromatic rings. The van der Waals surface area contributed by atoms with Crippen LogP contribution in [0, 0.1) is 0 Å². The Balaban J connectivity index is 0.000000317. The summed E-state index contributed by atoms with van der Waals surface area (Å²) in [4.78, 5) is 0. The maximum atomic E-state index is 3.46. The molecule has 0 saturated carbocycles. The zero-order valence-electron chi connectivity index (χ0n) is 25.1. The summed E-state index contributed by atoms with van der Waals surface area (Å²) in [5.41, 5.74) is 3.08. The van der Waals surface area contributed by atoms with Gasteiger partial charge in [-0.1, -0.05) is 108 Å². The Morgan fingerprint density at radius 2 is 0.974 bits per heavy atom. The molecule has 0 aliphatic carbocycles. The maximum absolute atomic E-state index is 3.46. The number of fused-ring (bicyclic) bond motifs is 2. The molecule has 0 saturated heterocycles. The van der Waals surface area contributed by atoms with Crippen LogP contribution in [0.4, 0.5) is 0 Å². The maximum Gasteiger partial charge on any atom is 2.00 e. The van der Waals surface area contributed by atoms with E-state index in [1.165, 1.54) is 21.5 Å². The summed E-state index contributed by atoms with van der Waals surface area (Å²) >= 11 is 0. The van der Waals surface area contributed by atoms with E-state index in [0.717, 1.165) is 22.6 Å². The zero-order valence-corrected chi connectivity index (χ0v) is 29.3. The first-order valence-corrected chi connectivity index (χ1v) is 16.7. The molecule has 0 aliphatic heterocycles. The average molecular weight is 622 g/mol. The summed E-state index contributed by atoms with van der Waals surface area (Å²) in [5, 5.41) is 8.72. The molecule has 0 aliphatic rings. The summed E-state index contributed by atoms with van der Waals surface area (Å²) < 4.78 is 0. The van der Waals surface area contributed by atoms with E-state index in [2.05, 4.69) is 135 Å². The fraction of sp³-hybridized carbons (Fsp3) is 0.371. The molecule has 0 amide bonds. The van der Waals surface area contributed by atoms with Crippen molar-refractivity contribution in [1.29, 1.82) is 0 Å². The van der Waals surface area contributed by atoms with Gasteiger partial charge in [0.2, 0.25) is 0 Å². The average Bonchev–Trinajstić information content (AvgIpc) is 3.43. The SMILES string of the molecule is C=CC=CC.CC(C)P(c1cc2ccccc2[cH-]1)C(C)C.CC(C)P(c1cc2ccccc2[cH-]1)C(C)C.[Zr+2]. The van der Waals surface area contributed by atoms with Crippen molar-refractivity contribution in [2.45, 2.75) is 84.9 Å². The molecule has 4 aromatic carbocycles. The predicted molar refractivity (Wildman–Crippen MR) is 178 cm³/mol. The van der Waals surface area contributed by atoms with Crippen molar-refractivity contribution >= 4 is 48.0 Å². The fourth-order valence-corrected chi connectivity index (χ4v) is 11.0. The number of rotatable bonds is 7. The first-order chi connectivity index (χ1) is 17.6. The molecule has 0 bridgehead atoms. The van der Waals surface area contributed by atoms with Crippen LogP contribution in [0.1, 0.15) is 62.3 Å². The Kier molecular flexibility index (Phi) is 16.1. The van der Waals surface area contributed by atoms with E-state index in [4.69, 9.17) is 0 Å². The van der Waals surface area contributed by atoms with Crippen molar-refractivity contribution in [2.24, 2.45) is 0 Å². The van der Waals surface area contributed by atoms with E-state index >= 15 is 0 Å². The topological polar surface area (TPSA) is 0 Å². The smallest absolute Gasteiger partial charge is 0.161 e. The minimum absolute atomic E-state index is 0. The van der Waals surface area contributed by atoms with E-state index in [0.29, 0.717) is 0 Å². The second-order valence-electron chi connectivity index (χ2n) is 10.6. The van der Waals surface area contributed by atoms with E-state index in [1.807, 2.05) is 19.1 Å². The molecule has 0 radical (unpaired) electrons. The van der Waals surface area contributed by atoms with Crippen molar-refractivity contribution in [3.05, 3.63) is 97.6 Å². The van der Waals surface area contributed by atoms with E-state index < -0.39 is 0 Å². The summed E-state index contributed by atoms with van der Waals surface area (Å²) in [6.45, 7) is 24.2. The minimum Gasteiger partial charge on any atom is -0.161 e. The molecule has 0 heterocycles. The first kappa shape index (κ1) is 34.9. The Morgan fingerprint density at radius 3 is 1.21 bits per heavy atom. The largest absolute Gasteiger partial charge is 2.00 e. The molecule has 0 aromatic heterocycles. The van der Waals surface area contributed by atoms with E-state index in [9.17, 15) is 0 Å². The van der Waals surface area contributed by atoms with Gasteiger partial charge in [-0.2, -0.15) is 12.1 Å². The number of hydrogen-bond donors (Lipinski definition) is 0. The Labute approximate surface area is 255 Å². The predicted octanol–water partition coefficient (Wildman–Crippen LogP) is 10.7. The fourth-order valence-electron chi connectivity index (χ4n) is 5.09. The molecular weight excluding hydrogens is 574 g/mol. The van der Waals surface area contributed by atoms with Gasteiger partial charge >= 0.3 is 26.2 Å². The quantitative estimate of drug-likeness (QED) is 0.109. The van der Waals surface area contributed by atoms with Gasteiger partial charge in [0.05, 0.1) is 0 Å². The molecule has 0 atom stereocenters. The molecule has 38 heavy (non-hydrogen) atoms. The van der Waals surface area contributed by atoms with Gasteiger partial charge in [0.15, 0.2) is 0 Å². The number of allylic oxidation sites excluding steroid dienone is 3. The van der Waals surface area contributed by atoms with Crippen LogP contribution in [0.15, 0.2) is 97.6 Å². The number of hydrogen-bond acceptors (Lipinski definition) is 0. The van der Waals surface area contributed by atoms with Crippen molar-refractivity contribution in [3.8, 4) is 0 Å². The van der Waals surface area contributed by atoms with Gasteiger partial charge in [0.1, 0.15) is 0 Å². The van der Waals surface area contributed by atoms with Gasteiger partial charge in [0.25, 0.3) is 0 Å². The van der Waals surface area contributed by atoms with Gasteiger partial charge in [-0.3, -0.25) is 0 Å². The molecule has 4 rings (SSSR count). The van der Waals surface area contributed by atoms with Gasteiger partial charge in [0, 0.05) is 0 Å². The van der Waals surface area contributed by atoms with Crippen LogP contribution in [0.5, 0.6) is 0 Å². The Bertz CT molecular complexity index is 1070. The van der Waals surface area contributed by atoms with Crippen molar-refractivity contribution in [2.75, 3.05) is 0 Å². The molecule has 3 heteroatoms. The monoisotopic (exact) mass is 620 g/mol. The molecule has 0 nitrogen and oxygen atoms in total. The molecule has 0 fully saturated rings. The third kappa shape index (κ3) is 10.1. The minimum atomic E-state index is -0.0206. The van der Waals surface area contributed by atoms with Crippen LogP contribution in [-0.4, -0.2) is 22.6 Å². The third-order valence-corrected chi connectivity index (χ3v) is 12.5. The Hall–Kier alpha value is -1.12. The molecule has 0 spiro atoms. The van der Waals surface area contributed by atoms with Crippen LogP contribution in [-0.2, 0) is 26.2 Å². The Morgan fingerprint density at radius 1 is 0.632 bits per heavy atom. The van der Waals surface area contributed by atoms with Crippen molar-refractivity contribution in [3.63, 3.8) is 0 Å². The van der Waals surface area contributed by atoms with E-state index in [1.54, 1.807) is 16.7 Å².